The summed E-state index contributed by atoms with van der Waals surface area (Å²) in [6.07, 6.45) is 1.57. The highest BCUT2D eigenvalue weighted by Gasteiger charge is 2.22. The van der Waals surface area contributed by atoms with Crippen LogP contribution in [-0.2, 0) is 16.0 Å². The van der Waals surface area contributed by atoms with Crippen LogP contribution in [0.4, 0.5) is 5.69 Å². The van der Waals surface area contributed by atoms with Gasteiger partial charge in [-0.25, -0.2) is 5.01 Å². The van der Waals surface area contributed by atoms with Gasteiger partial charge >= 0.3 is 0 Å². The predicted molar refractivity (Wildman–Crippen MR) is 78.6 cm³/mol. The van der Waals surface area contributed by atoms with Gasteiger partial charge < -0.3 is 5.32 Å². The summed E-state index contributed by atoms with van der Waals surface area (Å²) in [6.45, 7) is 4.02. The van der Waals surface area contributed by atoms with Gasteiger partial charge in [-0.1, -0.05) is 25.1 Å². The maximum absolute atomic E-state index is 12.3. The van der Waals surface area contributed by atoms with Gasteiger partial charge in [0.25, 0.3) is 5.91 Å². The molecule has 1 aliphatic heterocycles. The first-order valence-corrected chi connectivity index (χ1v) is 6.76. The van der Waals surface area contributed by atoms with E-state index < -0.39 is 0 Å². The fraction of sp³-hybridized carbons (Fsp3) is 0.400. The van der Waals surface area contributed by atoms with E-state index >= 15 is 0 Å². The highest BCUT2D eigenvalue weighted by Crippen LogP contribution is 2.21. The summed E-state index contributed by atoms with van der Waals surface area (Å²) in [5.41, 5.74) is 3.37. The Morgan fingerprint density at radius 1 is 1.40 bits per heavy atom. The number of benzene rings is 1. The quantitative estimate of drug-likeness (QED) is 0.916. The minimum Gasteiger partial charge on any atom is -0.320 e. The van der Waals surface area contributed by atoms with Crippen LogP contribution in [0.3, 0.4) is 0 Å². The van der Waals surface area contributed by atoms with Crippen LogP contribution < -0.4 is 5.32 Å². The standard InChI is InChI=1S/C15H19N3O2/c1-4-11-7-5-6-10(2)14(11)16-15(20)12-8-9-13(19)18(3)17-12/h5-7H,4,8-9H2,1-3H3,(H,16,20). The van der Waals surface area contributed by atoms with Crippen LogP contribution in [0.15, 0.2) is 23.3 Å². The maximum atomic E-state index is 12.3. The largest absolute Gasteiger partial charge is 0.320 e. The molecule has 2 amide bonds. The first-order chi connectivity index (χ1) is 9.52. The van der Waals surface area contributed by atoms with Gasteiger partial charge in [0.1, 0.15) is 5.71 Å². The summed E-state index contributed by atoms with van der Waals surface area (Å²) in [6, 6.07) is 5.95. The third-order valence-electron chi connectivity index (χ3n) is 3.45. The van der Waals surface area contributed by atoms with Gasteiger partial charge in [-0.3, -0.25) is 9.59 Å². The van der Waals surface area contributed by atoms with Crippen molar-refractivity contribution in [1.29, 1.82) is 0 Å². The number of carbonyl (C=O) groups excluding carboxylic acids is 2. The van der Waals surface area contributed by atoms with E-state index in [-0.39, 0.29) is 11.8 Å². The molecular weight excluding hydrogens is 254 g/mol. The first-order valence-electron chi connectivity index (χ1n) is 6.76. The molecule has 0 bridgehead atoms. The SMILES string of the molecule is CCc1cccc(C)c1NC(=O)C1=NN(C)C(=O)CC1. The lowest BCUT2D eigenvalue weighted by atomic mass is 10.1. The van der Waals surface area contributed by atoms with Crippen molar-refractivity contribution in [2.75, 3.05) is 12.4 Å². The lowest BCUT2D eigenvalue weighted by Crippen LogP contribution is -2.34. The van der Waals surface area contributed by atoms with Crippen LogP contribution in [0, 0.1) is 6.92 Å². The van der Waals surface area contributed by atoms with Gasteiger partial charge in [-0.2, -0.15) is 5.10 Å². The van der Waals surface area contributed by atoms with Crippen molar-refractivity contribution < 1.29 is 9.59 Å². The van der Waals surface area contributed by atoms with Crippen molar-refractivity contribution in [3.8, 4) is 0 Å². The monoisotopic (exact) mass is 273 g/mol. The second kappa shape index (κ2) is 5.86. The van der Waals surface area contributed by atoms with Gasteiger partial charge in [0.2, 0.25) is 5.91 Å². The van der Waals surface area contributed by atoms with Crippen LogP contribution in [0.1, 0.15) is 30.9 Å². The summed E-state index contributed by atoms with van der Waals surface area (Å²) in [5, 5.41) is 8.19. The Kier molecular flexibility index (Phi) is 4.17. The van der Waals surface area contributed by atoms with E-state index in [0.717, 1.165) is 23.2 Å². The molecule has 1 aromatic rings. The second-order valence-corrected chi connectivity index (χ2v) is 4.88. The second-order valence-electron chi connectivity index (χ2n) is 4.88. The Hall–Kier alpha value is -2.17. The number of para-hydroxylation sites is 1. The van der Waals surface area contributed by atoms with E-state index in [1.54, 1.807) is 7.05 Å². The average Bonchev–Trinajstić information content (AvgIpc) is 2.44. The molecule has 1 heterocycles. The number of rotatable bonds is 3. The van der Waals surface area contributed by atoms with Crippen molar-refractivity contribution >= 4 is 23.2 Å². The molecule has 1 N–H and O–H groups in total. The summed E-state index contributed by atoms with van der Waals surface area (Å²) >= 11 is 0. The number of anilines is 1. The number of carbonyl (C=O) groups is 2. The van der Waals surface area contributed by atoms with Crippen LogP contribution in [0.25, 0.3) is 0 Å². The maximum Gasteiger partial charge on any atom is 0.271 e. The minimum absolute atomic E-state index is 0.0633. The number of aryl methyl sites for hydroxylation is 2. The number of nitrogens with zero attached hydrogens (tertiary/aromatic N) is 2. The molecule has 0 spiro atoms. The number of amides is 2. The van der Waals surface area contributed by atoms with Gasteiger partial charge in [0, 0.05) is 25.6 Å². The lowest BCUT2D eigenvalue weighted by Gasteiger charge is -2.20. The molecule has 0 radical (unpaired) electrons. The Bertz CT molecular complexity index is 578. The van der Waals surface area contributed by atoms with Gasteiger partial charge in [0.15, 0.2) is 0 Å². The van der Waals surface area contributed by atoms with E-state index in [1.807, 2.05) is 25.1 Å². The van der Waals surface area contributed by atoms with E-state index in [0.29, 0.717) is 18.6 Å². The molecule has 0 atom stereocenters. The van der Waals surface area contributed by atoms with Crippen molar-refractivity contribution in [2.45, 2.75) is 33.1 Å². The molecule has 0 aliphatic carbocycles. The molecule has 0 fully saturated rings. The van der Waals surface area contributed by atoms with Gasteiger partial charge in [-0.15, -0.1) is 0 Å². The summed E-state index contributed by atoms with van der Waals surface area (Å²) in [4.78, 5) is 23.6. The van der Waals surface area contributed by atoms with E-state index in [2.05, 4.69) is 17.3 Å². The molecule has 20 heavy (non-hydrogen) atoms. The number of hydrazone groups is 1. The Morgan fingerprint density at radius 3 is 2.80 bits per heavy atom. The van der Waals surface area contributed by atoms with E-state index in [4.69, 9.17) is 0 Å². The molecule has 5 heteroatoms. The zero-order valence-corrected chi connectivity index (χ0v) is 12.1. The van der Waals surface area contributed by atoms with Crippen molar-refractivity contribution in [3.63, 3.8) is 0 Å². The average molecular weight is 273 g/mol. The summed E-state index contributed by atoms with van der Waals surface area (Å²) < 4.78 is 0. The molecule has 0 unspecified atom stereocenters. The molecule has 2 rings (SSSR count). The van der Waals surface area contributed by atoms with E-state index in [9.17, 15) is 9.59 Å². The van der Waals surface area contributed by atoms with Crippen LogP contribution in [-0.4, -0.2) is 29.6 Å². The summed E-state index contributed by atoms with van der Waals surface area (Å²) in [5.74, 6) is -0.292. The molecule has 1 aliphatic rings. The molecule has 0 saturated carbocycles. The Morgan fingerprint density at radius 2 is 2.15 bits per heavy atom. The third kappa shape index (κ3) is 2.87. The van der Waals surface area contributed by atoms with Crippen LogP contribution >= 0.6 is 0 Å². The molecule has 5 nitrogen and oxygen atoms in total. The van der Waals surface area contributed by atoms with Gasteiger partial charge in [0.05, 0.1) is 0 Å². The topological polar surface area (TPSA) is 61.8 Å². The zero-order valence-electron chi connectivity index (χ0n) is 12.1. The van der Waals surface area contributed by atoms with Crippen LogP contribution in [0.5, 0.6) is 0 Å². The predicted octanol–water partition coefficient (Wildman–Crippen LogP) is 2.10. The van der Waals surface area contributed by atoms with Crippen LogP contribution in [0.2, 0.25) is 0 Å². The molecule has 1 aromatic carbocycles. The molecule has 0 aromatic heterocycles. The highest BCUT2D eigenvalue weighted by atomic mass is 16.2. The molecular formula is C15H19N3O2. The zero-order chi connectivity index (χ0) is 14.7. The normalized spacial score (nSPS) is 15.1. The van der Waals surface area contributed by atoms with Crippen molar-refractivity contribution in [3.05, 3.63) is 29.3 Å². The minimum atomic E-state index is -0.228. The smallest absolute Gasteiger partial charge is 0.271 e. The molecule has 0 saturated heterocycles. The fourth-order valence-electron chi connectivity index (χ4n) is 2.22. The third-order valence-corrected chi connectivity index (χ3v) is 3.45. The Labute approximate surface area is 118 Å². The fourth-order valence-corrected chi connectivity index (χ4v) is 2.22. The molecule has 106 valence electrons. The lowest BCUT2D eigenvalue weighted by molar-refractivity contribution is -0.130. The Balaban J connectivity index is 2.21. The summed E-state index contributed by atoms with van der Waals surface area (Å²) in [7, 11) is 1.57. The van der Waals surface area contributed by atoms with Gasteiger partial charge in [-0.05, 0) is 24.5 Å². The number of hydrogen-bond acceptors (Lipinski definition) is 3. The first kappa shape index (κ1) is 14.2. The number of hydrogen-bond donors (Lipinski definition) is 1. The number of nitrogens with one attached hydrogen (secondary N) is 1. The van der Waals surface area contributed by atoms with Crippen molar-refractivity contribution in [1.82, 2.24) is 5.01 Å². The van der Waals surface area contributed by atoms with Crippen molar-refractivity contribution in [2.24, 2.45) is 5.10 Å². The highest BCUT2D eigenvalue weighted by molar-refractivity contribution is 6.43. The van der Waals surface area contributed by atoms with E-state index in [1.165, 1.54) is 5.01 Å².